The Morgan fingerprint density at radius 2 is 1.07 bits per heavy atom. The Morgan fingerprint density at radius 1 is 0.857 bits per heavy atom. The zero-order valence-electron chi connectivity index (χ0n) is 8.61. The molecule has 14 heavy (non-hydrogen) atoms. The SMILES string of the molecule is CC(C)(/N=N\C(C)(C)C(=O)O)C(=O)O. The lowest BCUT2D eigenvalue weighted by molar-refractivity contribution is -0.144. The fraction of sp³-hybridized carbons (Fsp3) is 0.750. The smallest absolute Gasteiger partial charge is 0.332 e. The minimum atomic E-state index is -1.40. The Hall–Kier alpha value is -1.46. The van der Waals surface area contributed by atoms with E-state index in [2.05, 4.69) is 10.2 Å². The lowest BCUT2D eigenvalue weighted by Gasteiger charge is -2.16. The molecule has 0 rings (SSSR count). The molecule has 0 spiro atoms. The summed E-state index contributed by atoms with van der Waals surface area (Å²) in [7, 11) is 0. The summed E-state index contributed by atoms with van der Waals surface area (Å²) in [4.78, 5) is 21.2. The quantitative estimate of drug-likeness (QED) is 0.668. The van der Waals surface area contributed by atoms with E-state index in [4.69, 9.17) is 10.2 Å². The van der Waals surface area contributed by atoms with Crippen molar-refractivity contribution in [1.82, 2.24) is 0 Å². The van der Waals surface area contributed by atoms with Crippen molar-refractivity contribution in [2.75, 3.05) is 0 Å². The van der Waals surface area contributed by atoms with Crippen molar-refractivity contribution in [2.45, 2.75) is 38.8 Å². The third-order valence-corrected chi connectivity index (χ3v) is 1.60. The molecule has 0 aliphatic carbocycles. The van der Waals surface area contributed by atoms with E-state index in [0.717, 1.165) is 0 Å². The van der Waals surface area contributed by atoms with Crippen LogP contribution in [0.1, 0.15) is 27.7 Å². The van der Waals surface area contributed by atoms with E-state index in [-0.39, 0.29) is 0 Å². The molecule has 80 valence electrons. The second-order valence-electron chi connectivity index (χ2n) is 3.93. The summed E-state index contributed by atoms with van der Waals surface area (Å²) < 4.78 is 0. The van der Waals surface area contributed by atoms with Gasteiger partial charge in [0.15, 0.2) is 11.1 Å². The molecule has 0 fully saturated rings. The van der Waals surface area contributed by atoms with E-state index in [1.165, 1.54) is 27.7 Å². The highest BCUT2D eigenvalue weighted by Crippen LogP contribution is 2.15. The Balaban J connectivity index is 4.76. The van der Waals surface area contributed by atoms with Gasteiger partial charge in [-0.15, -0.1) is 0 Å². The molecule has 0 saturated carbocycles. The van der Waals surface area contributed by atoms with E-state index in [1.54, 1.807) is 0 Å². The molecule has 6 heteroatoms. The van der Waals surface area contributed by atoms with Gasteiger partial charge in [0.05, 0.1) is 0 Å². The van der Waals surface area contributed by atoms with E-state index < -0.39 is 23.0 Å². The summed E-state index contributed by atoms with van der Waals surface area (Å²) >= 11 is 0. The van der Waals surface area contributed by atoms with Gasteiger partial charge in [-0.05, 0) is 27.7 Å². The largest absolute Gasteiger partial charge is 0.479 e. The number of rotatable bonds is 4. The third kappa shape index (κ3) is 3.12. The fourth-order valence-corrected chi connectivity index (χ4v) is 0.336. The predicted octanol–water partition coefficient (Wildman–Crippen LogP) is 1.17. The molecular formula is C8H14N2O4. The van der Waals surface area contributed by atoms with Crippen LogP contribution in [0.5, 0.6) is 0 Å². The topological polar surface area (TPSA) is 99.3 Å². The number of hydrogen-bond donors (Lipinski definition) is 2. The number of carbonyl (C=O) groups is 2. The van der Waals surface area contributed by atoms with Gasteiger partial charge in [-0.1, -0.05) is 0 Å². The Morgan fingerprint density at radius 3 is 1.21 bits per heavy atom. The molecule has 0 unspecified atom stereocenters. The number of aliphatic carboxylic acids is 2. The average molecular weight is 202 g/mol. The third-order valence-electron chi connectivity index (χ3n) is 1.60. The first-order valence-electron chi connectivity index (χ1n) is 4.00. The molecule has 0 aromatic carbocycles. The van der Waals surface area contributed by atoms with Gasteiger partial charge < -0.3 is 10.2 Å². The van der Waals surface area contributed by atoms with Crippen LogP contribution in [0.25, 0.3) is 0 Å². The fourth-order valence-electron chi connectivity index (χ4n) is 0.336. The van der Waals surface area contributed by atoms with Crippen LogP contribution in [-0.4, -0.2) is 33.2 Å². The summed E-state index contributed by atoms with van der Waals surface area (Å²) in [6.07, 6.45) is 0. The van der Waals surface area contributed by atoms with Gasteiger partial charge in [-0.25, -0.2) is 9.59 Å². The minimum absolute atomic E-state index is 1.15. The van der Waals surface area contributed by atoms with Gasteiger partial charge in [0.1, 0.15) is 0 Å². The van der Waals surface area contributed by atoms with Crippen molar-refractivity contribution < 1.29 is 19.8 Å². The first kappa shape index (κ1) is 12.5. The summed E-state index contributed by atoms with van der Waals surface area (Å²) in [5, 5.41) is 24.3. The Kier molecular flexibility index (Phi) is 3.34. The number of carboxylic acid groups (broad SMARTS) is 2. The highest BCUT2D eigenvalue weighted by atomic mass is 16.4. The van der Waals surface area contributed by atoms with Crippen molar-refractivity contribution >= 4 is 11.9 Å². The van der Waals surface area contributed by atoms with Crippen LogP contribution < -0.4 is 0 Å². The van der Waals surface area contributed by atoms with Crippen molar-refractivity contribution in [3.05, 3.63) is 0 Å². The normalized spacial score (nSPS) is 13.1. The molecular weight excluding hydrogens is 188 g/mol. The predicted molar refractivity (Wildman–Crippen MR) is 48.3 cm³/mol. The van der Waals surface area contributed by atoms with Gasteiger partial charge in [-0.3, -0.25) is 0 Å². The molecule has 0 atom stereocenters. The van der Waals surface area contributed by atoms with E-state index in [9.17, 15) is 9.59 Å². The van der Waals surface area contributed by atoms with E-state index in [1.807, 2.05) is 0 Å². The van der Waals surface area contributed by atoms with Crippen molar-refractivity contribution in [3.63, 3.8) is 0 Å². The van der Waals surface area contributed by atoms with Gasteiger partial charge in [-0.2, -0.15) is 10.2 Å². The summed E-state index contributed by atoms with van der Waals surface area (Å²) in [6.45, 7) is 5.38. The van der Waals surface area contributed by atoms with Crippen LogP contribution in [0, 0.1) is 0 Å². The van der Waals surface area contributed by atoms with Gasteiger partial charge >= 0.3 is 11.9 Å². The standard InChI is InChI=1S/C8H14N2O4/c1-7(2,5(11)12)9-10-8(3,4)6(13)14/h1-4H3,(H,11,12)(H,13,14)/b10-9-. The van der Waals surface area contributed by atoms with Crippen molar-refractivity contribution in [1.29, 1.82) is 0 Å². The molecule has 0 aliphatic heterocycles. The molecule has 0 aromatic rings. The Labute approximate surface area is 81.7 Å². The molecule has 0 heterocycles. The summed E-state index contributed by atoms with van der Waals surface area (Å²) in [5.74, 6) is -2.30. The van der Waals surface area contributed by atoms with E-state index in [0.29, 0.717) is 0 Å². The zero-order valence-corrected chi connectivity index (χ0v) is 8.61. The number of carboxylic acids is 2. The summed E-state index contributed by atoms with van der Waals surface area (Å²) in [5.41, 5.74) is -2.79. The molecule has 6 nitrogen and oxygen atoms in total. The molecule has 0 aliphatic rings. The zero-order chi connectivity index (χ0) is 11.6. The maximum Gasteiger partial charge on any atom is 0.332 e. The first-order valence-corrected chi connectivity index (χ1v) is 4.00. The lowest BCUT2D eigenvalue weighted by Crippen LogP contribution is -2.32. The molecule has 2 N–H and O–H groups in total. The highest BCUT2D eigenvalue weighted by Gasteiger charge is 2.31. The minimum Gasteiger partial charge on any atom is -0.479 e. The maximum atomic E-state index is 10.6. The monoisotopic (exact) mass is 202 g/mol. The van der Waals surface area contributed by atoms with Gasteiger partial charge in [0.25, 0.3) is 0 Å². The lowest BCUT2D eigenvalue weighted by atomic mass is 10.1. The number of azo groups is 1. The van der Waals surface area contributed by atoms with Crippen molar-refractivity contribution in [2.24, 2.45) is 10.2 Å². The maximum absolute atomic E-state index is 10.6. The second kappa shape index (κ2) is 3.73. The van der Waals surface area contributed by atoms with Crippen LogP contribution in [0.4, 0.5) is 0 Å². The number of hydrogen-bond acceptors (Lipinski definition) is 4. The Bertz CT molecular complexity index is 253. The van der Waals surface area contributed by atoms with Gasteiger partial charge in [0, 0.05) is 0 Å². The molecule has 0 saturated heterocycles. The molecule has 0 radical (unpaired) electrons. The molecule has 0 amide bonds. The molecule has 0 aromatic heterocycles. The summed E-state index contributed by atoms with van der Waals surface area (Å²) in [6, 6.07) is 0. The highest BCUT2D eigenvalue weighted by molar-refractivity contribution is 5.79. The number of nitrogens with zero attached hydrogens (tertiary/aromatic N) is 2. The average Bonchev–Trinajstić information content (AvgIpc) is 2.01. The van der Waals surface area contributed by atoms with Crippen LogP contribution in [-0.2, 0) is 9.59 Å². The first-order chi connectivity index (χ1) is 6.09. The van der Waals surface area contributed by atoms with E-state index >= 15 is 0 Å². The second-order valence-corrected chi connectivity index (χ2v) is 3.93. The van der Waals surface area contributed by atoms with Crippen LogP contribution in [0.2, 0.25) is 0 Å². The van der Waals surface area contributed by atoms with Crippen molar-refractivity contribution in [3.8, 4) is 0 Å². The van der Waals surface area contributed by atoms with Crippen LogP contribution in [0.15, 0.2) is 10.2 Å². The van der Waals surface area contributed by atoms with Crippen LogP contribution in [0.3, 0.4) is 0 Å². The van der Waals surface area contributed by atoms with Crippen LogP contribution >= 0.6 is 0 Å². The molecule has 0 bridgehead atoms. The van der Waals surface area contributed by atoms with Gasteiger partial charge in [0.2, 0.25) is 0 Å².